The monoisotopic (exact) mass is 1100 g/mol. The molecule has 0 amide bonds. The summed E-state index contributed by atoms with van der Waals surface area (Å²) in [5, 5.41) is 2.18. The van der Waals surface area contributed by atoms with Gasteiger partial charge in [-0.25, -0.2) is 4.98 Å². The molecule has 0 bridgehead atoms. The molecule has 0 saturated carbocycles. The summed E-state index contributed by atoms with van der Waals surface area (Å²) in [6, 6.07) is 83.7. The number of hydrogen-bond acceptors (Lipinski definition) is 2. The third kappa shape index (κ3) is 8.79. The van der Waals surface area contributed by atoms with Crippen LogP contribution in [0.1, 0.15) is 26.3 Å². The summed E-state index contributed by atoms with van der Waals surface area (Å²) in [6.45, 7) is 6.87. The molecule has 9 aromatic carbocycles. The van der Waals surface area contributed by atoms with Gasteiger partial charge in [-0.15, -0.1) is 29.7 Å². The predicted octanol–water partition coefficient (Wildman–Crippen LogP) is 15.8. The second-order valence-electron chi connectivity index (χ2n) is 19.0. The fraction of sp³-hybridized carbons (Fsp3) is 0.0769. The fourth-order valence-corrected chi connectivity index (χ4v) is 9.87. The van der Waals surface area contributed by atoms with E-state index in [0.29, 0.717) is 11.5 Å². The van der Waals surface area contributed by atoms with Crippen molar-refractivity contribution in [2.45, 2.75) is 27.2 Å². The Morgan fingerprint density at radius 2 is 1.10 bits per heavy atom. The van der Waals surface area contributed by atoms with Gasteiger partial charge in [-0.1, -0.05) is 202 Å². The topological polar surface area (TPSA) is 35.9 Å². The molecule has 12 rings (SSSR count). The van der Waals surface area contributed by atoms with Gasteiger partial charge in [0.2, 0.25) is 0 Å². The van der Waals surface area contributed by atoms with Crippen LogP contribution in [0.25, 0.3) is 94.5 Å². The summed E-state index contributed by atoms with van der Waals surface area (Å²) < 4.78 is 13.3. The zero-order valence-corrected chi connectivity index (χ0v) is 41.9. The Kier molecular flexibility index (Phi) is 12.1. The van der Waals surface area contributed by atoms with Gasteiger partial charge in [-0.3, -0.25) is 4.57 Å². The van der Waals surface area contributed by atoms with Crippen LogP contribution >= 0.6 is 0 Å². The molecule has 0 N–H and O–H groups in total. The maximum Gasteiger partial charge on any atom is 0.268 e. The second-order valence-corrected chi connectivity index (χ2v) is 19.0. The number of ether oxygens (including phenoxy) is 1. The predicted molar refractivity (Wildman–Crippen MR) is 285 cm³/mol. The molecular formula is C65H48N4OPt-2. The van der Waals surface area contributed by atoms with Crippen LogP contribution in [0.4, 0.5) is 0 Å². The number of nitrogens with zero attached hydrogens (tertiary/aromatic N) is 4. The number of imidazole rings is 1. The molecule has 5 nitrogen and oxygen atoms in total. The molecular weight excluding hydrogens is 1050 g/mol. The second kappa shape index (κ2) is 19.0. The van der Waals surface area contributed by atoms with Crippen LogP contribution in [-0.4, -0.2) is 14.1 Å². The Morgan fingerprint density at radius 3 is 1.76 bits per heavy atom. The van der Waals surface area contributed by atoms with Crippen LogP contribution in [0.2, 0.25) is 0 Å². The molecule has 0 fully saturated rings. The van der Waals surface area contributed by atoms with Gasteiger partial charge in [0.25, 0.3) is 6.33 Å². The molecule has 3 heterocycles. The van der Waals surface area contributed by atoms with E-state index in [9.17, 15) is 0 Å². The summed E-state index contributed by atoms with van der Waals surface area (Å²) in [6.07, 6.45) is 6.70. The van der Waals surface area contributed by atoms with Gasteiger partial charge in [0, 0.05) is 49.8 Å². The maximum absolute atomic E-state index is 6.77. The van der Waals surface area contributed by atoms with Gasteiger partial charge < -0.3 is 13.9 Å². The molecule has 71 heavy (non-hydrogen) atoms. The van der Waals surface area contributed by atoms with Crippen molar-refractivity contribution in [1.29, 1.82) is 0 Å². The van der Waals surface area contributed by atoms with E-state index in [-0.39, 0.29) is 26.5 Å². The van der Waals surface area contributed by atoms with E-state index >= 15 is 0 Å². The summed E-state index contributed by atoms with van der Waals surface area (Å²) in [4.78, 5) is 5.21. The van der Waals surface area contributed by atoms with E-state index < -0.39 is 0 Å². The minimum Gasteiger partial charge on any atom is -0.510 e. The van der Waals surface area contributed by atoms with E-state index in [1.807, 2.05) is 24.4 Å². The van der Waals surface area contributed by atoms with E-state index in [4.69, 9.17) is 9.72 Å². The number of rotatable bonds is 10. The molecule has 6 heteroatoms. The van der Waals surface area contributed by atoms with Crippen LogP contribution in [0, 0.1) is 23.9 Å². The van der Waals surface area contributed by atoms with Gasteiger partial charge in [0.1, 0.15) is 5.82 Å². The summed E-state index contributed by atoms with van der Waals surface area (Å²) in [5.41, 5.74) is 16.2. The first-order valence-corrected chi connectivity index (χ1v) is 23.8. The molecule has 3 aromatic heterocycles. The average molecular weight is 1100 g/mol. The molecule has 0 saturated heterocycles. The molecule has 0 unspecified atom stereocenters. The third-order valence-corrected chi connectivity index (χ3v) is 13.0. The minimum atomic E-state index is 0. The van der Waals surface area contributed by atoms with Crippen molar-refractivity contribution in [3.8, 4) is 73.2 Å². The Balaban J connectivity index is 0.00000547. The van der Waals surface area contributed by atoms with Crippen LogP contribution in [-0.2, 0) is 27.5 Å². The van der Waals surface area contributed by atoms with Crippen molar-refractivity contribution >= 4 is 32.8 Å². The van der Waals surface area contributed by atoms with E-state index in [2.05, 4.69) is 253 Å². The quantitative estimate of drug-likeness (QED) is 0.101. The summed E-state index contributed by atoms with van der Waals surface area (Å²) >= 11 is 0. The fourth-order valence-electron chi connectivity index (χ4n) is 9.87. The molecule has 0 aliphatic rings. The number of pyridine rings is 1. The maximum atomic E-state index is 6.77. The first-order valence-electron chi connectivity index (χ1n) is 23.8. The van der Waals surface area contributed by atoms with E-state index in [0.717, 1.165) is 101 Å². The van der Waals surface area contributed by atoms with Crippen LogP contribution in [0.5, 0.6) is 11.5 Å². The van der Waals surface area contributed by atoms with Crippen molar-refractivity contribution in [3.63, 3.8) is 0 Å². The van der Waals surface area contributed by atoms with Gasteiger partial charge in [0.15, 0.2) is 0 Å². The number of benzene rings is 9. The third-order valence-electron chi connectivity index (χ3n) is 13.0. The van der Waals surface area contributed by atoms with Crippen molar-refractivity contribution in [2.75, 3.05) is 0 Å². The van der Waals surface area contributed by atoms with Crippen molar-refractivity contribution < 1.29 is 30.4 Å². The molecule has 0 spiro atoms. The standard InChI is InChI=1S/C65H48N4O.Pt/c1-65(2,3)42-50-39-63(66-43-58(50)48-26-14-7-15-27-48)69-59-37-34-49(45-20-8-4-9-21-45)38-57(59)56-36-35-53(41-62(56)69)70-52-29-18-28-51(40-52)67-44-68(61-33-17-16-32-60(61)67)64-54(46-22-10-5-11-23-46)30-19-31-55(64)47-24-12-6-13-25-47;/h4-39,43H,42H2,1-3H3;/q-2;. The first-order chi connectivity index (χ1) is 34.3. The Bertz CT molecular complexity index is 3800. The van der Waals surface area contributed by atoms with Crippen LogP contribution in [0.3, 0.4) is 0 Å². The summed E-state index contributed by atoms with van der Waals surface area (Å²) in [7, 11) is 0. The molecule has 0 radical (unpaired) electrons. The minimum absolute atomic E-state index is 0. The average Bonchev–Trinajstić information content (AvgIpc) is 3.95. The van der Waals surface area contributed by atoms with Crippen LogP contribution < -0.4 is 9.30 Å². The van der Waals surface area contributed by atoms with Crippen molar-refractivity contribution in [1.82, 2.24) is 14.1 Å². The van der Waals surface area contributed by atoms with Gasteiger partial charge >= 0.3 is 0 Å². The molecule has 0 aliphatic heterocycles. The van der Waals surface area contributed by atoms with E-state index in [1.165, 1.54) is 5.56 Å². The summed E-state index contributed by atoms with van der Waals surface area (Å²) in [5.74, 6) is 1.97. The Hall–Kier alpha value is -8.11. The van der Waals surface area contributed by atoms with Gasteiger partial charge in [0.05, 0.1) is 16.7 Å². The molecule has 12 aromatic rings. The molecule has 0 aliphatic carbocycles. The Labute approximate surface area is 429 Å². The number of aromatic nitrogens is 4. The normalized spacial score (nSPS) is 11.5. The Morgan fingerprint density at radius 1 is 0.507 bits per heavy atom. The SMILES string of the molecule is CC(C)(C)Cc1cc(-n2c3[c-]c(Oc4[c-]c(-n5[c-][n+](-c6c(-c7ccccc7)cccc6-c6ccccc6)c6ccccc65)ccc4)ccc3c3cc(-c4ccccc4)ccc32)ncc1-c1ccccc1.[Pt]. The largest absolute Gasteiger partial charge is 0.510 e. The number of hydrogen-bond donors (Lipinski definition) is 0. The smallest absolute Gasteiger partial charge is 0.268 e. The number of fused-ring (bicyclic) bond motifs is 4. The molecule has 0 atom stereocenters. The van der Waals surface area contributed by atoms with Gasteiger partial charge in [-0.2, -0.15) is 18.2 Å². The van der Waals surface area contributed by atoms with Crippen molar-refractivity contribution in [2.24, 2.45) is 5.41 Å². The van der Waals surface area contributed by atoms with E-state index in [1.54, 1.807) is 0 Å². The first kappa shape index (κ1) is 45.3. The number of para-hydroxylation sites is 3. The van der Waals surface area contributed by atoms with Crippen molar-refractivity contribution in [3.05, 3.63) is 249 Å². The molecule has 346 valence electrons. The van der Waals surface area contributed by atoms with Crippen LogP contribution in [0.15, 0.2) is 225 Å². The zero-order valence-electron chi connectivity index (χ0n) is 39.6. The van der Waals surface area contributed by atoms with Gasteiger partial charge in [-0.05, 0) is 79.5 Å². The zero-order chi connectivity index (χ0) is 47.2.